The molecule has 12 nitrogen and oxygen atoms in total. The van der Waals surface area contributed by atoms with E-state index in [4.69, 9.17) is 0 Å². The van der Waals surface area contributed by atoms with Crippen molar-refractivity contribution in [2.24, 2.45) is 0 Å². The minimum Gasteiger partial charge on any atom is -0.508 e. The molecule has 2 aromatic carbocycles. The number of phenolic OH excluding ortho intramolecular Hbond substituents is 1. The number of rotatable bonds is 2. The summed E-state index contributed by atoms with van der Waals surface area (Å²) in [6.45, 7) is 0. The monoisotopic (exact) mass is 512 g/mol. The second kappa shape index (κ2) is 7.47. The summed E-state index contributed by atoms with van der Waals surface area (Å²) in [6.07, 6.45) is -6.63. The van der Waals surface area contributed by atoms with Crippen molar-refractivity contribution in [3.8, 4) is 16.9 Å². The third-order valence-corrected chi connectivity index (χ3v) is 7.39. The standard InChI is InChI=1S/C25H20O12/c26-12-7-10(9-4-2-1-3-5-9)6-11-14(12)17(28)16-20(31)25(37)19(30)15(21(32)33)13(27)8-23(25,35)22(34)24(16,36)18(11)29/h1-7,18,22,26,28-30,34-37H,8H2,(H,32,33)/t18-,22+,23-,24+,25+/m1/s1. The number of carboxylic acid groups (broad SMARTS) is 1. The van der Waals surface area contributed by atoms with E-state index in [1.54, 1.807) is 30.3 Å². The van der Waals surface area contributed by atoms with E-state index in [-0.39, 0.29) is 5.56 Å². The summed E-state index contributed by atoms with van der Waals surface area (Å²) < 4.78 is 0. The summed E-state index contributed by atoms with van der Waals surface area (Å²) in [4.78, 5) is 37.5. The van der Waals surface area contributed by atoms with Gasteiger partial charge in [-0.1, -0.05) is 30.3 Å². The van der Waals surface area contributed by atoms with Gasteiger partial charge >= 0.3 is 5.97 Å². The fourth-order valence-corrected chi connectivity index (χ4v) is 5.53. The Morgan fingerprint density at radius 2 is 1.54 bits per heavy atom. The molecule has 1 fully saturated rings. The Morgan fingerprint density at radius 1 is 0.919 bits per heavy atom. The zero-order valence-corrected chi connectivity index (χ0v) is 18.7. The van der Waals surface area contributed by atoms with Crippen LogP contribution in [-0.2, 0) is 14.4 Å². The van der Waals surface area contributed by atoms with Crippen LogP contribution in [0.3, 0.4) is 0 Å². The number of Topliss-reactive ketones (excluding diaryl/α,β-unsaturated/α-hetero) is 2. The van der Waals surface area contributed by atoms with E-state index < -0.39 is 86.9 Å². The number of carboxylic acids is 1. The van der Waals surface area contributed by atoms with Crippen molar-refractivity contribution in [3.05, 3.63) is 70.5 Å². The number of ketones is 2. The maximum atomic E-state index is 13.5. The van der Waals surface area contributed by atoms with Crippen LogP contribution in [0.25, 0.3) is 16.9 Å². The molecule has 12 heteroatoms. The molecule has 192 valence electrons. The Labute approximate surface area is 206 Å². The van der Waals surface area contributed by atoms with Gasteiger partial charge < -0.3 is 46.0 Å². The molecular formula is C25H20O12. The quantitative estimate of drug-likeness (QED) is 0.229. The molecule has 0 radical (unpaired) electrons. The van der Waals surface area contributed by atoms with Gasteiger partial charge in [-0.2, -0.15) is 0 Å². The van der Waals surface area contributed by atoms with Crippen molar-refractivity contribution >= 4 is 23.3 Å². The van der Waals surface area contributed by atoms with Gasteiger partial charge in [-0.05, 0) is 28.8 Å². The van der Waals surface area contributed by atoms with Crippen LogP contribution in [-0.4, -0.2) is 86.4 Å². The molecule has 0 aromatic heterocycles. The highest BCUT2D eigenvalue weighted by Gasteiger charge is 2.77. The molecule has 0 saturated heterocycles. The fourth-order valence-electron chi connectivity index (χ4n) is 5.53. The lowest BCUT2D eigenvalue weighted by Crippen LogP contribution is -2.80. The van der Waals surface area contributed by atoms with Crippen LogP contribution in [0.15, 0.2) is 59.4 Å². The average molecular weight is 512 g/mol. The minimum atomic E-state index is -3.72. The highest BCUT2D eigenvalue weighted by Crippen LogP contribution is 2.58. The average Bonchev–Trinajstić information content (AvgIpc) is 2.84. The molecule has 0 unspecified atom stereocenters. The normalized spacial score (nSPS) is 33.1. The molecule has 0 spiro atoms. The second-order valence-corrected chi connectivity index (χ2v) is 9.27. The first-order chi connectivity index (χ1) is 17.2. The summed E-state index contributed by atoms with van der Waals surface area (Å²) in [5.41, 5.74) is -13.3. The molecule has 3 aliphatic carbocycles. The summed E-state index contributed by atoms with van der Waals surface area (Å²) in [6, 6.07) is 10.8. The first-order valence-corrected chi connectivity index (χ1v) is 10.9. The van der Waals surface area contributed by atoms with Crippen LogP contribution >= 0.6 is 0 Å². The minimum absolute atomic E-state index is 0.294. The fraction of sp³-hybridized carbons (Fsp3) is 0.240. The van der Waals surface area contributed by atoms with E-state index in [9.17, 15) is 60.3 Å². The van der Waals surface area contributed by atoms with Gasteiger partial charge in [-0.25, -0.2) is 4.79 Å². The topological polar surface area (TPSA) is 233 Å². The van der Waals surface area contributed by atoms with E-state index in [0.29, 0.717) is 11.1 Å². The third kappa shape index (κ3) is 2.75. The van der Waals surface area contributed by atoms with Crippen molar-refractivity contribution in [3.63, 3.8) is 0 Å². The summed E-state index contributed by atoms with van der Waals surface area (Å²) >= 11 is 0. The Kier molecular flexibility index (Phi) is 4.97. The SMILES string of the molecule is O=C(O)C1=C(O)[C@]2(O)C(=O)C3=C(O)c4c(O)cc(-c5ccccc5)cc4[C@@H](O)[C@]3(O)[C@@H](O)[C@]2(O)CC1=O. The first kappa shape index (κ1) is 24.6. The number of hydrogen-bond acceptors (Lipinski definition) is 11. The van der Waals surface area contributed by atoms with Crippen molar-refractivity contribution < 1.29 is 60.3 Å². The number of aliphatic hydroxyl groups excluding tert-OH is 4. The van der Waals surface area contributed by atoms with Gasteiger partial charge in [-0.15, -0.1) is 0 Å². The Hall–Kier alpha value is -4.07. The number of aromatic hydroxyl groups is 1. The number of carbonyl (C=O) groups is 3. The maximum Gasteiger partial charge on any atom is 0.342 e. The van der Waals surface area contributed by atoms with Gasteiger partial charge in [-0.3, -0.25) is 9.59 Å². The van der Waals surface area contributed by atoms with Gasteiger partial charge in [0.25, 0.3) is 0 Å². The van der Waals surface area contributed by atoms with Gasteiger partial charge in [0.1, 0.15) is 34.9 Å². The molecule has 0 heterocycles. The summed E-state index contributed by atoms with van der Waals surface area (Å²) in [7, 11) is 0. The van der Waals surface area contributed by atoms with E-state index in [1.165, 1.54) is 12.1 Å². The lowest BCUT2D eigenvalue weighted by molar-refractivity contribution is -0.263. The molecule has 0 amide bonds. The van der Waals surface area contributed by atoms with Crippen LogP contribution in [0.1, 0.15) is 23.7 Å². The smallest absolute Gasteiger partial charge is 0.342 e. The predicted molar refractivity (Wildman–Crippen MR) is 121 cm³/mol. The molecule has 9 N–H and O–H groups in total. The molecule has 0 aliphatic heterocycles. The van der Waals surface area contributed by atoms with Crippen molar-refractivity contribution in [1.29, 1.82) is 0 Å². The van der Waals surface area contributed by atoms with Crippen LogP contribution in [0.2, 0.25) is 0 Å². The predicted octanol–water partition coefficient (Wildman–Crippen LogP) is -0.618. The van der Waals surface area contributed by atoms with Crippen LogP contribution in [0.4, 0.5) is 0 Å². The van der Waals surface area contributed by atoms with Crippen LogP contribution in [0, 0.1) is 0 Å². The van der Waals surface area contributed by atoms with Gasteiger partial charge in [0, 0.05) is 6.42 Å². The maximum absolute atomic E-state index is 13.5. The van der Waals surface area contributed by atoms with E-state index in [2.05, 4.69) is 0 Å². The van der Waals surface area contributed by atoms with E-state index in [1.807, 2.05) is 0 Å². The highest BCUT2D eigenvalue weighted by atomic mass is 16.4. The number of aliphatic hydroxyl groups is 7. The number of fused-ring (bicyclic) bond motifs is 3. The summed E-state index contributed by atoms with van der Waals surface area (Å²) in [5, 5.41) is 97.8. The lowest BCUT2D eigenvalue weighted by Gasteiger charge is -2.57. The van der Waals surface area contributed by atoms with Gasteiger partial charge in [0.15, 0.2) is 17.1 Å². The molecule has 5 rings (SSSR count). The van der Waals surface area contributed by atoms with Crippen molar-refractivity contribution in [2.45, 2.75) is 35.4 Å². The lowest BCUT2D eigenvalue weighted by atomic mass is 9.53. The second-order valence-electron chi connectivity index (χ2n) is 9.27. The zero-order valence-electron chi connectivity index (χ0n) is 18.7. The number of hydrogen-bond donors (Lipinski definition) is 9. The van der Waals surface area contributed by atoms with Crippen LogP contribution in [0.5, 0.6) is 5.75 Å². The Morgan fingerprint density at radius 3 is 2.14 bits per heavy atom. The highest BCUT2D eigenvalue weighted by molar-refractivity contribution is 6.22. The molecule has 5 atom stereocenters. The van der Waals surface area contributed by atoms with E-state index >= 15 is 0 Å². The molecule has 3 aliphatic rings. The summed E-state index contributed by atoms with van der Waals surface area (Å²) in [5.74, 6) is -9.17. The molecule has 2 aromatic rings. The molecule has 1 saturated carbocycles. The molecule has 37 heavy (non-hydrogen) atoms. The first-order valence-electron chi connectivity index (χ1n) is 10.9. The largest absolute Gasteiger partial charge is 0.508 e. The number of carbonyl (C=O) groups excluding carboxylic acids is 2. The van der Waals surface area contributed by atoms with Crippen LogP contribution < -0.4 is 0 Å². The van der Waals surface area contributed by atoms with Gasteiger partial charge in [0.05, 0.1) is 11.1 Å². The van der Waals surface area contributed by atoms with Crippen molar-refractivity contribution in [2.75, 3.05) is 0 Å². The molecule has 0 bridgehead atoms. The Bertz CT molecular complexity index is 1470. The van der Waals surface area contributed by atoms with Gasteiger partial charge in [0.2, 0.25) is 11.4 Å². The third-order valence-electron chi connectivity index (χ3n) is 7.39. The number of phenols is 1. The zero-order chi connectivity index (χ0) is 27.2. The van der Waals surface area contributed by atoms with Crippen molar-refractivity contribution in [1.82, 2.24) is 0 Å². The molecular weight excluding hydrogens is 492 g/mol. The Balaban J connectivity index is 1.82. The number of benzene rings is 2. The van der Waals surface area contributed by atoms with E-state index in [0.717, 1.165) is 0 Å². The number of aliphatic carboxylic acids is 1.